The monoisotopic (exact) mass is 634 g/mol. The number of allylic oxidation sites excluding steroid dienone is 1. The van der Waals surface area contributed by atoms with Crippen LogP contribution in [0.3, 0.4) is 0 Å². The van der Waals surface area contributed by atoms with Gasteiger partial charge >= 0.3 is 5.97 Å². The van der Waals surface area contributed by atoms with Crippen molar-refractivity contribution in [1.82, 2.24) is 4.57 Å². The third-order valence-electron chi connectivity index (χ3n) is 6.73. The molecule has 0 radical (unpaired) electrons. The lowest BCUT2D eigenvalue weighted by molar-refractivity contribution is -0.385. The lowest BCUT2D eigenvalue weighted by Crippen LogP contribution is -2.41. The van der Waals surface area contributed by atoms with Crippen LogP contribution in [-0.2, 0) is 19.4 Å². The Balaban J connectivity index is 1.93. The lowest BCUT2D eigenvalue weighted by atomic mass is 9.89. The summed E-state index contributed by atoms with van der Waals surface area (Å²) in [5, 5.41) is 23.0. The van der Waals surface area contributed by atoms with Gasteiger partial charge in [0.15, 0.2) is 0 Å². The maximum absolute atomic E-state index is 14.2. The normalized spacial score (nSPS) is 15.2. The summed E-state index contributed by atoms with van der Waals surface area (Å²) in [5.41, 5.74) is 5.22. The highest BCUT2D eigenvalue weighted by molar-refractivity contribution is 7.95. The van der Waals surface area contributed by atoms with Crippen molar-refractivity contribution in [3.8, 4) is 0 Å². The number of fused-ring (bicyclic) bond motifs is 1. The molecule has 0 spiro atoms. The molecular weight excluding hydrogens is 612 g/mol. The maximum Gasteiger partial charge on any atom is 0.338 e. The Kier molecular flexibility index (Phi) is 7.99. The fraction of sp³-hybridized carbons (Fsp3) is 0.103. The summed E-state index contributed by atoms with van der Waals surface area (Å²) in [7, 11) is -4.53. The molecule has 0 amide bonds. The zero-order valence-electron chi connectivity index (χ0n) is 22.8. The molecule has 15 heteroatoms. The highest BCUT2D eigenvalue weighted by Gasteiger charge is 2.42. The number of aromatic nitrogens is 1. The first-order valence-corrected chi connectivity index (χ1v) is 15.2. The number of nitrogens with two attached hydrogens (primary N) is 1. The van der Waals surface area contributed by atoms with Crippen molar-refractivity contribution < 1.29 is 27.8 Å². The molecule has 1 atom stereocenters. The summed E-state index contributed by atoms with van der Waals surface area (Å²) in [6, 6.07) is 17.8. The van der Waals surface area contributed by atoms with Crippen LogP contribution in [0.1, 0.15) is 24.0 Å². The van der Waals surface area contributed by atoms with Gasteiger partial charge in [0, 0.05) is 24.3 Å². The Labute approximate surface area is 252 Å². The maximum atomic E-state index is 14.2. The number of ether oxygens (including phenoxy) is 1. The number of carbonyl (C=O) groups is 1. The summed E-state index contributed by atoms with van der Waals surface area (Å²) >= 11 is 0.799. The molecule has 0 fully saturated rings. The van der Waals surface area contributed by atoms with Crippen molar-refractivity contribution in [2.45, 2.75) is 17.7 Å². The highest BCUT2D eigenvalue weighted by atomic mass is 32.2. The van der Waals surface area contributed by atoms with E-state index in [2.05, 4.69) is 0 Å². The topological polar surface area (TPSA) is 195 Å². The predicted octanol–water partition coefficient (Wildman–Crippen LogP) is 2.62. The van der Waals surface area contributed by atoms with Crippen molar-refractivity contribution >= 4 is 56.0 Å². The van der Waals surface area contributed by atoms with E-state index in [1.165, 1.54) is 72.8 Å². The van der Waals surface area contributed by atoms with E-state index in [1.54, 1.807) is 13.0 Å². The third kappa shape index (κ3) is 5.29. The van der Waals surface area contributed by atoms with Gasteiger partial charge in [0.1, 0.15) is 15.4 Å². The third-order valence-corrected chi connectivity index (χ3v) is 9.75. The SMILES string of the molecule is CCOC(=O)C1=c2sc(=Cc3cccc([N+](=O)[O-])c3)c(=O)n2C(N)=C(S(=O)(=O)c2ccccc2)[C@@H]1c1cccc([N+](=O)[O-])c1. The van der Waals surface area contributed by atoms with Crippen LogP contribution in [0.15, 0.2) is 93.5 Å². The van der Waals surface area contributed by atoms with Gasteiger partial charge in [-0.1, -0.05) is 42.5 Å². The van der Waals surface area contributed by atoms with Crippen LogP contribution in [0.2, 0.25) is 0 Å². The molecule has 4 aromatic rings. The van der Waals surface area contributed by atoms with Crippen LogP contribution in [0.25, 0.3) is 17.5 Å². The van der Waals surface area contributed by atoms with Gasteiger partial charge in [-0.05, 0) is 36.3 Å². The number of nitrogens with zero attached hydrogens (tertiary/aromatic N) is 3. The number of carbonyl (C=O) groups excluding carboxylic acids is 1. The van der Waals surface area contributed by atoms with E-state index in [4.69, 9.17) is 10.5 Å². The fourth-order valence-corrected chi connectivity index (χ4v) is 7.71. The summed E-state index contributed by atoms with van der Waals surface area (Å²) in [6.07, 6.45) is 1.36. The number of sulfone groups is 1. The van der Waals surface area contributed by atoms with Crippen LogP contribution in [0, 0.1) is 20.2 Å². The largest absolute Gasteiger partial charge is 0.463 e. The number of hydrogen-bond acceptors (Lipinski definition) is 11. The van der Waals surface area contributed by atoms with E-state index in [9.17, 15) is 38.2 Å². The van der Waals surface area contributed by atoms with Gasteiger partial charge in [0.25, 0.3) is 16.9 Å². The number of esters is 1. The standard InChI is InChI=1S/C29H22N4O9S2/c1-2-42-29(35)24-23(18-9-7-11-20(16-18)33(38)39)25(44(40,41)21-12-4-3-5-13-21)26(30)31-27(34)22(43-28(24)31)15-17-8-6-10-19(14-17)32(36)37/h3-16,23H,2,30H2,1H3/t23-/m1/s1. The quantitative estimate of drug-likeness (QED) is 0.171. The summed E-state index contributed by atoms with van der Waals surface area (Å²) < 4.78 is 34.6. The van der Waals surface area contributed by atoms with Gasteiger partial charge in [-0.15, -0.1) is 11.3 Å². The van der Waals surface area contributed by atoms with E-state index < -0.39 is 47.9 Å². The van der Waals surface area contributed by atoms with Gasteiger partial charge in [-0.3, -0.25) is 29.6 Å². The second-order valence-corrected chi connectivity index (χ2v) is 12.3. The average molecular weight is 635 g/mol. The zero-order chi connectivity index (χ0) is 31.8. The predicted molar refractivity (Wildman–Crippen MR) is 161 cm³/mol. The molecule has 1 aliphatic heterocycles. The molecule has 0 unspecified atom stereocenters. The van der Waals surface area contributed by atoms with Crippen molar-refractivity contribution in [1.29, 1.82) is 0 Å². The van der Waals surface area contributed by atoms with E-state index in [0.717, 1.165) is 22.0 Å². The molecule has 13 nitrogen and oxygen atoms in total. The van der Waals surface area contributed by atoms with Gasteiger partial charge in [-0.25, -0.2) is 13.2 Å². The summed E-state index contributed by atoms with van der Waals surface area (Å²) in [6.45, 7) is 1.44. The number of hydrogen-bond donors (Lipinski definition) is 1. The molecule has 3 aromatic carbocycles. The number of nitro groups is 2. The number of rotatable bonds is 8. The zero-order valence-corrected chi connectivity index (χ0v) is 24.4. The molecule has 1 aliphatic rings. The van der Waals surface area contributed by atoms with Gasteiger partial charge in [-0.2, -0.15) is 0 Å². The first-order valence-electron chi connectivity index (χ1n) is 12.9. The molecule has 44 heavy (non-hydrogen) atoms. The van der Waals surface area contributed by atoms with Crippen molar-refractivity contribution in [2.75, 3.05) is 6.61 Å². The van der Waals surface area contributed by atoms with E-state index >= 15 is 0 Å². The van der Waals surface area contributed by atoms with Crippen LogP contribution in [0.5, 0.6) is 0 Å². The fourth-order valence-electron chi connectivity index (χ4n) is 4.84. The van der Waals surface area contributed by atoms with Crippen LogP contribution >= 0.6 is 11.3 Å². The molecule has 224 valence electrons. The summed E-state index contributed by atoms with van der Waals surface area (Å²) in [4.78, 5) is 48.4. The van der Waals surface area contributed by atoms with Crippen molar-refractivity contribution in [3.63, 3.8) is 0 Å². The van der Waals surface area contributed by atoms with Crippen molar-refractivity contribution in [2.24, 2.45) is 5.73 Å². The number of nitro benzene ring substituents is 2. The highest BCUT2D eigenvalue weighted by Crippen LogP contribution is 2.42. The molecular formula is C29H22N4O9S2. The summed E-state index contributed by atoms with van der Waals surface area (Å²) in [5.74, 6) is -2.97. The first kappa shape index (κ1) is 30.1. The molecule has 1 aromatic heterocycles. The van der Waals surface area contributed by atoms with Crippen molar-refractivity contribution in [3.05, 3.63) is 135 Å². The number of thiazole rings is 1. The Bertz CT molecular complexity index is 2170. The minimum Gasteiger partial charge on any atom is -0.463 e. The minimum absolute atomic E-state index is 0.0126. The van der Waals surface area contributed by atoms with Gasteiger partial charge in [0.2, 0.25) is 9.84 Å². The molecule has 0 saturated heterocycles. The smallest absolute Gasteiger partial charge is 0.338 e. The van der Waals surface area contributed by atoms with Gasteiger partial charge < -0.3 is 10.5 Å². The molecule has 0 saturated carbocycles. The van der Waals surface area contributed by atoms with Gasteiger partial charge in [0.05, 0.1) is 37.4 Å². The first-order chi connectivity index (χ1) is 20.9. The average Bonchev–Trinajstić information content (AvgIpc) is 3.32. The minimum atomic E-state index is -4.53. The Morgan fingerprint density at radius 3 is 2.27 bits per heavy atom. The molecule has 5 rings (SSSR count). The van der Waals surface area contributed by atoms with E-state index in [1.807, 2.05) is 0 Å². The molecule has 2 heterocycles. The lowest BCUT2D eigenvalue weighted by Gasteiger charge is -2.28. The Hall–Kier alpha value is -5.41. The Morgan fingerprint density at radius 2 is 1.64 bits per heavy atom. The Morgan fingerprint density at radius 1 is 1.00 bits per heavy atom. The van der Waals surface area contributed by atoms with E-state index in [-0.39, 0.29) is 43.2 Å². The second kappa shape index (κ2) is 11.7. The molecule has 0 bridgehead atoms. The van der Waals surface area contributed by atoms with E-state index in [0.29, 0.717) is 5.56 Å². The number of benzene rings is 3. The number of non-ortho nitro benzene ring substituents is 2. The van der Waals surface area contributed by atoms with Crippen LogP contribution < -0.4 is 20.5 Å². The van der Waals surface area contributed by atoms with Crippen LogP contribution in [-0.4, -0.2) is 35.4 Å². The molecule has 2 N–H and O–H groups in total. The second-order valence-electron chi connectivity index (χ2n) is 9.39. The molecule has 0 aliphatic carbocycles. The van der Waals surface area contributed by atoms with Crippen LogP contribution in [0.4, 0.5) is 11.4 Å².